The molecule has 0 saturated carbocycles. The molecule has 1 unspecified atom stereocenters. The second-order valence-corrected chi connectivity index (χ2v) is 5.00. The van der Waals surface area contributed by atoms with E-state index < -0.39 is 0 Å². The van der Waals surface area contributed by atoms with Crippen LogP contribution in [0.3, 0.4) is 0 Å². The maximum absolute atomic E-state index is 13.7. The van der Waals surface area contributed by atoms with Gasteiger partial charge >= 0.3 is 0 Å². The van der Waals surface area contributed by atoms with Gasteiger partial charge in [-0.1, -0.05) is 18.5 Å². The third kappa shape index (κ3) is 3.72. The molecule has 1 N–H and O–H groups in total. The molecule has 0 aliphatic heterocycles. The van der Waals surface area contributed by atoms with Crippen LogP contribution < -0.4 is 5.32 Å². The number of hydrogen-bond donors (Lipinski definition) is 1. The lowest BCUT2D eigenvalue weighted by molar-refractivity contribution is 0.413. The Kier molecular flexibility index (Phi) is 4.86. The van der Waals surface area contributed by atoms with Gasteiger partial charge in [0.1, 0.15) is 11.6 Å². The summed E-state index contributed by atoms with van der Waals surface area (Å²) in [5.41, 5.74) is 0.547. The number of nitrogens with one attached hydrogen (secondary N) is 1. The monoisotopic (exact) mass is 301 g/mol. The number of hydrogen-bond acceptors (Lipinski definition) is 2. The first-order valence-electron chi connectivity index (χ1n) is 6.02. The Morgan fingerprint density at radius 3 is 2.68 bits per heavy atom. The van der Waals surface area contributed by atoms with Crippen molar-refractivity contribution in [2.24, 2.45) is 0 Å². The fourth-order valence-corrected chi connectivity index (χ4v) is 2.30. The quantitative estimate of drug-likeness (QED) is 0.872. The van der Waals surface area contributed by atoms with Gasteiger partial charge in [0, 0.05) is 5.02 Å². The molecule has 0 radical (unpaired) electrons. The van der Waals surface area contributed by atoms with Crippen molar-refractivity contribution >= 4 is 23.2 Å². The molecule has 0 aliphatic carbocycles. The predicted molar refractivity (Wildman–Crippen MR) is 75.2 cm³/mol. The minimum atomic E-state index is -0.273. The van der Waals surface area contributed by atoms with Gasteiger partial charge in [-0.25, -0.2) is 4.39 Å². The van der Waals surface area contributed by atoms with Crippen molar-refractivity contribution in [1.82, 2.24) is 5.32 Å². The maximum atomic E-state index is 13.7. The summed E-state index contributed by atoms with van der Waals surface area (Å²) < 4.78 is 19.1. The van der Waals surface area contributed by atoms with Crippen LogP contribution in [-0.4, -0.2) is 6.54 Å². The molecule has 2 aromatic rings. The van der Waals surface area contributed by atoms with E-state index >= 15 is 0 Å². The summed E-state index contributed by atoms with van der Waals surface area (Å²) >= 11 is 11.7. The molecule has 1 aromatic heterocycles. The van der Waals surface area contributed by atoms with Gasteiger partial charge < -0.3 is 9.73 Å². The van der Waals surface area contributed by atoms with Crippen molar-refractivity contribution in [2.45, 2.75) is 19.4 Å². The zero-order chi connectivity index (χ0) is 13.8. The first-order valence-corrected chi connectivity index (χ1v) is 6.78. The average Bonchev–Trinajstić information content (AvgIpc) is 2.80. The van der Waals surface area contributed by atoms with Gasteiger partial charge in [-0.2, -0.15) is 0 Å². The van der Waals surface area contributed by atoms with Crippen molar-refractivity contribution in [2.75, 3.05) is 6.54 Å². The zero-order valence-electron chi connectivity index (χ0n) is 10.4. The van der Waals surface area contributed by atoms with Gasteiger partial charge in [0.2, 0.25) is 0 Å². The Hall–Kier alpha value is -1.03. The molecular formula is C14H14Cl2FNO. The minimum Gasteiger partial charge on any atom is -0.448 e. The van der Waals surface area contributed by atoms with Crippen molar-refractivity contribution in [3.63, 3.8) is 0 Å². The Balaban J connectivity index is 2.23. The molecule has 1 heterocycles. The summed E-state index contributed by atoms with van der Waals surface area (Å²) in [4.78, 5) is 0. The molecule has 1 atom stereocenters. The van der Waals surface area contributed by atoms with Crippen LogP contribution in [0.4, 0.5) is 4.39 Å². The highest BCUT2D eigenvalue weighted by Gasteiger charge is 2.17. The van der Waals surface area contributed by atoms with E-state index in [9.17, 15) is 4.39 Å². The van der Waals surface area contributed by atoms with E-state index in [0.717, 1.165) is 6.54 Å². The van der Waals surface area contributed by atoms with E-state index in [0.29, 0.717) is 28.0 Å². The van der Waals surface area contributed by atoms with Crippen molar-refractivity contribution in [3.8, 4) is 0 Å². The lowest BCUT2D eigenvalue weighted by atomic mass is 10.0. The van der Waals surface area contributed by atoms with Gasteiger partial charge in [-0.05, 0) is 60.5 Å². The smallest absolute Gasteiger partial charge is 0.193 e. The van der Waals surface area contributed by atoms with Crippen LogP contribution in [0.1, 0.15) is 24.3 Å². The van der Waals surface area contributed by atoms with Crippen LogP contribution in [-0.2, 0) is 6.42 Å². The molecule has 0 spiro atoms. The van der Waals surface area contributed by atoms with Crippen LogP contribution in [0.2, 0.25) is 10.2 Å². The van der Waals surface area contributed by atoms with Crippen LogP contribution in [0, 0.1) is 5.82 Å². The van der Waals surface area contributed by atoms with E-state index in [1.54, 1.807) is 18.2 Å². The Morgan fingerprint density at radius 2 is 2.05 bits per heavy atom. The van der Waals surface area contributed by atoms with Gasteiger partial charge in [-0.15, -0.1) is 0 Å². The van der Waals surface area contributed by atoms with Crippen molar-refractivity contribution < 1.29 is 8.81 Å². The van der Waals surface area contributed by atoms with Crippen molar-refractivity contribution in [3.05, 3.63) is 57.7 Å². The van der Waals surface area contributed by atoms with Crippen molar-refractivity contribution in [1.29, 1.82) is 0 Å². The molecule has 5 heteroatoms. The van der Waals surface area contributed by atoms with Gasteiger partial charge in [0.25, 0.3) is 0 Å². The molecule has 0 amide bonds. The van der Waals surface area contributed by atoms with Crippen LogP contribution in [0.15, 0.2) is 34.7 Å². The van der Waals surface area contributed by atoms with Gasteiger partial charge in [0.15, 0.2) is 5.22 Å². The third-order valence-electron chi connectivity index (χ3n) is 2.82. The topological polar surface area (TPSA) is 25.2 Å². The zero-order valence-corrected chi connectivity index (χ0v) is 11.9. The Morgan fingerprint density at radius 1 is 1.26 bits per heavy atom. The number of furan rings is 1. The summed E-state index contributed by atoms with van der Waals surface area (Å²) in [6, 6.07) is 7.87. The van der Waals surface area contributed by atoms with Crippen LogP contribution in [0.5, 0.6) is 0 Å². The van der Waals surface area contributed by atoms with Crippen LogP contribution >= 0.6 is 23.2 Å². The van der Waals surface area contributed by atoms with E-state index in [1.165, 1.54) is 12.1 Å². The first kappa shape index (κ1) is 14.4. The second kappa shape index (κ2) is 6.42. The van der Waals surface area contributed by atoms with E-state index in [1.807, 2.05) is 6.92 Å². The standard InChI is InChI=1S/C14H14Cl2FNO/c1-2-18-12(13-5-6-14(16)19-13)8-9-7-10(15)3-4-11(9)17/h3-7,12,18H,2,8H2,1H3. The molecule has 19 heavy (non-hydrogen) atoms. The molecule has 2 nitrogen and oxygen atoms in total. The van der Waals surface area contributed by atoms with Crippen LogP contribution in [0.25, 0.3) is 0 Å². The lowest BCUT2D eigenvalue weighted by Crippen LogP contribution is -2.22. The molecule has 0 fully saturated rings. The summed E-state index contributed by atoms with van der Waals surface area (Å²) in [6.07, 6.45) is 0.448. The maximum Gasteiger partial charge on any atom is 0.193 e. The molecule has 0 bridgehead atoms. The van der Waals surface area contributed by atoms with Gasteiger partial charge in [0.05, 0.1) is 6.04 Å². The Bertz CT molecular complexity index is 556. The first-order chi connectivity index (χ1) is 9.10. The second-order valence-electron chi connectivity index (χ2n) is 4.19. The van der Waals surface area contributed by atoms with E-state index in [2.05, 4.69) is 5.32 Å². The summed E-state index contributed by atoms with van der Waals surface area (Å²) in [7, 11) is 0. The molecule has 102 valence electrons. The molecule has 1 aromatic carbocycles. The normalized spacial score (nSPS) is 12.6. The summed E-state index contributed by atoms with van der Waals surface area (Å²) in [5, 5.41) is 4.09. The molecular weight excluding hydrogens is 288 g/mol. The Labute approximate surface area is 121 Å². The highest BCUT2D eigenvalue weighted by molar-refractivity contribution is 6.30. The SMILES string of the molecule is CCNC(Cc1cc(Cl)ccc1F)c1ccc(Cl)o1. The number of rotatable bonds is 5. The highest BCUT2D eigenvalue weighted by Crippen LogP contribution is 2.25. The minimum absolute atomic E-state index is 0.134. The molecule has 0 aliphatic rings. The number of likely N-dealkylation sites (N-methyl/N-ethyl adjacent to an activating group) is 1. The lowest BCUT2D eigenvalue weighted by Gasteiger charge is -2.16. The average molecular weight is 302 g/mol. The largest absolute Gasteiger partial charge is 0.448 e. The fraction of sp³-hybridized carbons (Fsp3) is 0.286. The summed E-state index contributed by atoms with van der Waals surface area (Å²) in [5.74, 6) is 0.413. The fourth-order valence-electron chi connectivity index (χ4n) is 1.95. The predicted octanol–water partition coefficient (Wildman–Crippen LogP) is 4.62. The molecule has 2 rings (SSSR count). The molecule has 0 saturated heterocycles. The summed E-state index contributed by atoms with van der Waals surface area (Å²) in [6.45, 7) is 2.72. The van der Waals surface area contributed by atoms with E-state index in [4.69, 9.17) is 27.6 Å². The highest BCUT2D eigenvalue weighted by atomic mass is 35.5. The number of benzene rings is 1. The number of halogens is 3. The van der Waals surface area contributed by atoms with Gasteiger partial charge in [-0.3, -0.25) is 0 Å². The van der Waals surface area contributed by atoms with E-state index in [-0.39, 0.29) is 11.9 Å². The third-order valence-corrected chi connectivity index (χ3v) is 3.26.